The van der Waals surface area contributed by atoms with Gasteiger partial charge < -0.3 is 19.1 Å². The van der Waals surface area contributed by atoms with Crippen molar-refractivity contribution in [3.8, 4) is 17.4 Å². The molecule has 0 aliphatic carbocycles. The molecule has 0 saturated carbocycles. The van der Waals surface area contributed by atoms with E-state index in [1.807, 2.05) is 36.4 Å². The van der Waals surface area contributed by atoms with Crippen LogP contribution in [0.15, 0.2) is 47.6 Å². The number of aliphatic imine (C=N–C) groups is 1. The summed E-state index contributed by atoms with van der Waals surface area (Å²) >= 11 is 0. The van der Waals surface area contributed by atoms with Crippen LogP contribution in [0.1, 0.15) is 19.4 Å². The molecule has 0 saturated heterocycles. The first-order valence-corrected chi connectivity index (χ1v) is 9.05. The Morgan fingerprint density at radius 3 is 2.58 bits per heavy atom. The van der Waals surface area contributed by atoms with Crippen LogP contribution in [0.2, 0.25) is 0 Å². The van der Waals surface area contributed by atoms with Gasteiger partial charge >= 0.3 is 0 Å². The smallest absolute Gasteiger partial charge is 0.230 e. The summed E-state index contributed by atoms with van der Waals surface area (Å²) in [6.07, 6.45) is 1.73. The minimum atomic E-state index is 0.460. The Labute approximate surface area is 154 Å². The Bertz CT molecular complexity index is 745. The number of ether oxygens (including phenoxy) is 3. The van der Waals surface area contributed by atoms with Crippen molar-refractivity contribution in [2.45, 2.75) is 13.8 Å². The highest BCUT2D eigenvalue weighted by Gasteiger charge is 2.18. The molecule has 1 aromatic heterocycles. The van der Waals surface area contributed by atoms with Crippen LogP contribution in [-0.2, 0) is 4.74 Å². The lowest BCUT2D eigenvalue weighted by Crippen LogP contribution is -2.32. The second kappa shape index (κ2) is 9.20. The Balaban J connectivity index is 2.05. The van der Waals surface area contributed by atoms with Crippen molar-refractivity contribution in [3.05, 3.63) is 48.2 Å². The summed E-state index contributed by atoms with van der Waals surface area (Å²) in [5, 5.41) is 0. The average Bonchev–Trinajstić information content (AvgIpc) is 2.69. The third kappa shape index (κ3) is 4.32. The fourth-order valence-electron chi connectivity index (χ4n) is 2.81. The molecule has 0 fully saturated rings. The van der Waals surface area contributed by atoms with Crippen LogP contribution in [0.4, 0.5) is 0 Å². The largest absolute Gasteiger partial charge is 0.487 e. The molecule has 26 heavy (non-hydrogen) atoms. The lowest BCUT2D eigenvalue weighted by molar-refractivity contribution is 0.105. The zero-order valence-electron chi connectivity index (χ0n) is 15.4. The van der Waals surface area contributed by atoms with Gasteiger partial charge in [0.25, 0.3) is 0 Å². The second-order valence-electron chi connectivity index (χ2n) is 5.74. The summed E-state index contributed by atoms with van der Waals surface area (Å²) in [7, 11) is 0. The predicted molar refractivity (Wildman–Crippen MR) is 101 cm³/mol. The number of nitrogens with zero attached hydrogens (tertiary/aromatic N) is 3. The summed E-state index contributed by atoms with van der Waals surface area (Å²) in [6.45, 7) is 8.03. The van der Waals surface area contributed by atoms with Gasteiger partial charge in [0, 0.05) is 19.3 Å². The quantitative estimate of drug-likeness (QED) is 0.827. The van der Waals surface area contributed by atoms with Gasteiger partial charge in [0.1, 0.15) is 12.4 Å². The van der Waals surface area contributed by atoms with Gasteiger partial charge in [-0.15, -0.1) is 0 Å². The highest BCUT2D eigenvalue weighted by Crippen LogP contribution is 2.32. The molecule has 6 nitrogen and oxygen atoms in total. The number of fused-ring (bicyclic) bond motifs is 2. The van der Waals surface area contributed by atoms with E-state index in [-0.39, 0.29) is 0 Å². The van der Waals surface area contributed by atoms with Crippen molar-refractivity contribution in [2.24, 2.45) is 4.99 Å². The van der Waals surface area contributed by atoms with E-state index in [0.29, 0.717) is 43.7 Å². The first-order chi connectivity index (χ1) is 12.8. The molecule has 0 N–H and O–H groups in total. The molecule has 0 radical (unpaired) electrons. The van der Waals surface area contributed by atoms with Crippen LogP contribution in [-0.4, -0.2) is 55.2 Å². The molecule has 0 bridgehead atoms. The van der Waals surface area contributed by atoms with E-state index in [4.69, 9.17) is 19.2 Å². The summed E-state index contributed by atoms with van der Waals surface area (Å²) in [5.74, 6) is 2.70. The van der Waals surface area contributed by atoms with E-state index in [9.17, 15) is 0 Å². The fraction of sp³-hybridized carbons (Fsp3) is 0.400. The Morgan fingerprint density at radius 2 is 1.77 bits per heavy atom. The van der Waals surface area contributed by atoms with E-state index in [2.05, 4.69) is 23.7 Å². The molecule has 2 aromatic rings. The lowest BCUT2D eigenvalue weighted by Gasteiger charge is -2.24. The van der Waals surface area contributed by atoms with Crippen molar-refractivity contribution in [1.29, 1.82) is 0 Å². The van der Waals surface area contributed by atoms with Gasteiger partial charge in [0.2, 0.25) is 5.88 Å². The fourth-order valence-corrected chi connectivity index (χ4v) is 2.81. The van der Waals surface area contributed by atoms with E-state index >= 15 is 0 Å². The molecule has 0 amide bonds. The van der Waals surface area contributed by atoms with Crippen molar-refractivity contribution in [2.75, 3.05) is 39.5 Å². The molecular weight excluding hydrogens is 330 g/mol. The molecule has 0 spiro atoms. The molecule has 3 rings (SSSR count). The van der Waals surface area contributed by atoms with Crippen LogP contribution < -0.4 is 9.47 Å². The molecule has 138 valence electrons. The third-order valence-corrected chi connectivity index (χ3v) is 4.11. The summed E-state index contributed by atoms with van der Waals surface area (Å²) in [4.78, 5) is 11.4. The third-order valence-electron chi connectivity index (χ3n) is 4.11. The van der Waals surface area contributed by atoms with Gasteiger partial charge in [0.05, 0.1) is 25.3 Å². The van der Waals surface area contributed by atoms with E-state index in [0.717, 1.165) is 24.5 Å². The number of aromatic nitrogens is 1. The van der Waals surface area contributed by atoms with E-state index in [1.54, 1.807) is 6.20 Å². The number of benzene rings is 1. The standard InChI is InChI=1S/C20H25N3O3/c1-3-23(4-2)19-16-8-7-11-22-20(16)26-18-10-6-5-9-17(18)25-15-14-24-13-12-21-19/h5-11H,3-4,12-15H2,1-2H3. The molecular formula is C20H25N3O3. The van der Waals surface area contributed by atoms with Crippen LogP contribution in [0, 0.1) is 0 Å². The maximum absolute atomic E-state index is 6.14. The monoisotopic (exact) mass is 355 g/mol. The number of amidine groups is 1. The first kappa shape index (κ1) is 18.2. The topological polar surface area (TPSA) is 56.2 Å². The maximum Gasteiger partial charge on any atom is 0.230 e. The van der Waals surface area contributed by atoms with Gasteiger partial charge in [-0.2, -0.15) is 0 Å². The molecule has 1 aliphatic heterocycles. The van der Waals surface area contributed by atoms with Gasteiger partial charge in [-0.1, -0.05) is 12.1 Å². The van der Waals surface area contributed by atoms with Crippen LogP contribution in [0.5, 0.6) is 17.4 Å². The normalized spacial score (nSPS) is 14.9. The first-order valence-electron chi connectivity index (χ1n) is 9.05. The molecule has 1 aromatic carbocycles. The van der Waals surface area contributed by atoms with Crippen LogP contribution in [0.3, 0.4) is 0 Å². The molecule has 0 unspecified atom stereocenters. The van der Waals surface area contributed by atoms with E-state index in [1.165, 1.54) is 0 Å². The number of hydrogen-bond donors (Lipinski definition) is 0. The predicted octanol–water partition coefficient (Wildman–Crippen LogP) is 3.37. The second-order valence-corrected chi connectivity index (χ2v) is 5.74. The Hall–Kier alpha value is -2.60. The number of hydrogen-bond acceptors (Lipinski definition) is 6. The summed E-state index contributed by atoms with van der Waals surface area (Å²) in [6, 6.07) is 11.5. The highest BCUT2D eigenvalue weighted by atomic mass is 16.5. The SMILES string of the molecule is CCN(CC)C1=NCCOCCOc2ccccc2Oc2ncccc21. The minimum Gasteiger partial charge on any atom is -0.487 e. The summed E-state index contributed by atoms with van der Waals surface area (Å²) < 4.78 is 17.6. The molecule has 0 atom stereocenters. The Morgan fingerprint density at radius 1 is 0.962 bits per heavy atom. The van der Waals surface area contributed by atoms with Gasteiger partial charge in [0.15, 0.2) is 11.5 Å². The van der Waals surface area contributed by atoms with Gasteiger partial charge in [-0.05, 0) is 38.1 Å². The number of para-hydroxylation sites is 2. The zero-order chi connectivity index (χ0) is 18.2. The number of pyridine rings is 1. The van der Waals surface area contributed by atoms with E-state index < -0.39 is 0 Å². The van der Waals surface area contributed by atoms with Crippen molar-refractivity contribution in [3.63, 3.8) is 0 Å². The van der Waals surface area contributed by atoms with Crippen molar-refractivity contribution in [1.82, 2.24) is 9.88 Å². The summed E-state index contributed by atoms with van der Waals surface area (Å²) in [5.41, 5.74) is 0.866. The van der Waals surface area contributed by atoms with Crippen molar-refractivity contribution >= 4 is 5.84 Å². The number of rotatable bonds is 2. The molecule has 1 aliphatic rings. The van der Waals surface area contributed by atoms with Gasteiger partial charge in [-0.3, -0.25) is 4.99 Å². The van der Waals surface area contributed by atoms with Crippen molar-refractivity contribution < 1.29 is 14.2 Å². The van der Waals surface area contributed by atoms with Crippen LogP contribution >= 0.6 is 0 Å². The minimum absolute atomic E-state index is 0.460. The zero-order valence-corrected chi connectivity index (χ0v) is 15.4. The van der Waals surface area contributed by atoms with Gasteiger partial charge in [-0.25, -0.2) is 4.98 Å². The molecule has 2 heterocycles. The lowest BCUT2D eigenvalue weighted by atomic mass is 10.2. The molecule has 6 heteroatoms. The average molecular weight is 355 g/mol. The Kier molecular flexibility index (Phi) is 6.44. The maximum atomic E-state index is 6.14. The highest BCUT2D eigenvalue weighted by molar-refractivity contribution is 6.00. The van der Waals surface area contributed by atoms with Crippen LogP contribution in [0.25, 0.3) is 0 Å².